The molecule has 0 radical (unpaired) electrons. The highest BCUT2D eigenvalue weighted by Crippen LogP contribution is 2.36. The molecule has 0 aliphatic rings. The van der Waals surface area contributed by atoms with Crippen molar-refractivity contribution in [2.75, 3.05) is 19.0 Å². The Morgan fingerprint density at radius 1 is 1.09 bits per heavy atom. The fourth-order valence-corrected chi connectivity index (χ4v) is 2.34. The number of anilines is 1. The largest absolute Gasteiger partial charge is 0.495 e. The predicted molar refractivity (Wildman–Crippen MR) is 95.5 cm³/mol. The summed E-state index contributed by atoms with van der Waals surface area (Å²) in [7, 11) is 1.13. The number of ether oxygens (including phenoxy) is 2. The summed E-state index contributed by atoms with van der Waals surface area (Å²) in [5, 5.41) is 13.3. The van der Waals surface area contributed by atoms with Gasteiger partial charge in [0.05, 0.1) is 23.3 Å². The Bertz CT molecular complexity index is 1010. The maximum atomic E-state index is 13.0. The Labute approximate surface area is 174 Å². The Balaban J connectivity index is 2.32. The number of hydrogen-bond donors (Lipinski definition) is 1. The number of rotatable bonds is 8. The molecule has 2 aromatic rings. The van der Waals surface area contributed by atoms with E-state index in [2.05, 4.69) is 10.1 Å². The molecular weight excluding hydrogens is 457 g/mol. The average molecular weight is 470 g/mol. The van der Waals surface area contributed by atoms with E-state index >= 15 is 0 Å². The molecule has 0 saturated carbocycles. The number of nitro groups is 1. The third kappa shape index (κ3) is 5.76. The van der Waals surface area contributed by atoms with Crippen molar-refractivity contribution in [1.29, 1.82) is 0 Å². The van der Waals surface area contributed by atoms with Crippen LogP contribution in [-0.2, 0) is 6.18 Å². The molecule has 0 atom stereocenters. The van der Waals surface area contributed by atoms with Crippen molar-refractivity contribution in [1.82, 2.24) is 0 Å². The summed E-state index contributed by atoms with van der Waals surface area (Å²) in [4.78, 5) is 22.5. The zero-order chi connectivity index (χ0) is 24.3. The standard InChI is InChI=1S/C18H13F7N2O5/c1-31-13-5-3-10(18(23,24)25)7-11(13)26-15(28)9-2-4-14(12(6-9)27(29)30)32-8-17(21,22)16(19)20/h2-7,16H,8H2,1H3,(H,26,28). The van der Waals surface area contributed by atoms with Gasteiger partial charge in [-0.3, -0.25) is 14.9 Å². The monoisotopic (exact) mass is 470 g/mol. The molecule has 0 aromatic heterocycles. The molecule has 0 saturated heterocycles. The van der Waals surface area contributed by atoms with Gasteiger partial charge in [-0.1, -0.05) is 0 Å². The van der Waals surface area contributed by atoms with E-state index in [4.69, 9.17) is 4.74 Å². The van der Waals surface area contributed by atoms with E-state index in [0.717, 1.165) is 25.3 Å². The predicted octanol–water partition coefficient (Wildman–Crippen LogP) is 5.15. The summed E-state index contributed by atoms with van der Waals surface area (Å²) >= 11 is 0. The second kappa shape index (κ2) is 9.28. The number of hydrogen-bond acceptors (Lipinski definition) is 5. The van der Waals surface area contributed by atoms with E-state index in [0.29, 0.717) is 18.2 Å². The number of nitrogens with one attached hydrogen (secondary N) is 1. The molecule has 0 spiro atoms. The van der Waals surface area contributed by atoms with Gasteiger partial charge in [0.25, 0.3) is 5.91 Å². The minimum atomic E-state index is -4.73. The number of nitro benzene ring substituents is 1. The van der Waals surface area contributed by atoms with Crippen molar-refractivity contribution in [2.45, 2.75) is 18.5 Å². The van der Waals surface area contributed by atoms with E-state index < -0.39 is 64.2 Å². The summed E-state index contributed by atoms with van der Waals surface area (Å²) < 4.78 is 98.5. The number of methoxy groups -OCH3 is 1. The highest BCUT2D eigenvalue weighted by Gasteiger charge is 2.42. The van der Waals surface area contributed by atoms with E-state index in [-0.39, 0.29) is 5.75 Å². The van der Waals surface area contributed by atoms with Gasteiger partial charge in [0, 0.05) is 11.6 Å². The quantitative estimate of drug-likeness (QED) is 0.327. The van der Waals surface area contributed by atoms with Crippen LogP contribution in [0.5, 0.6) is 11.5 Å². The molecule has 2 aromatic carbocycles. The van der Waals surface area contributed by atoms with Crippen molar-refractivity contribution in [3.63, 3.8) is 0 Å². The molecule has 1 N–H and O–H groups in total. The highest BCUT2D eigenvalue weighted by molar-refractivity contribution is 6.05. The van der Waals surface area contributed by atoms with Gasteiger partial charge in [-0.2, -0.15) is 22.0 Å². The van der Waals surface area contributed by atoms with Gasteiger partial charge in [-0.15, -0.1) is 0 Å². The first-order valence-corrected chi connectivity index (χ1v) is 8.40. The fourth-order valence-electron chi connectivity index (χ4n) is 2.34. The summed E-state index contributed by atoms with van der Waals surface area (Å²) in [6.45, 7) is -1.86. The fraction of sp³-hybridized carbons (Fsp3) is 0.278. The molecule has 0 unspecified atom stereocenters. The van der Waals surface area contributed by atoms with E-state index in [9.17, 15) is 45.6 Å². The highest BCUT2D eigenvalue weighted by atomic mass is 19.4. The number of benzene rings is 2. The molecule has 0 aliphatic heterocycles. The summed E-state index contributed by atoms with van der Waals surface area (Å²) in [5.41, 5.74) is -2.96. The van der Waals surface area contributed by atoms with Gasteiger partial charge >= 0.3 is 24.2 Å². The summed E-state index contributed by atoms with van der Waals surface area (Å²) in [6.07, 6.45) is -8.81. The van der Waals surface area contributed by atoms with E-state index in [1.54, 1.807) is 0 Å². The lowest BCUT2D eigenvalue weighted by molar-refractivity contribution is -0.386. The maximum Gasteiger partial charge on any atom is 0.416 e. The second-order valence-electron chi connectivity index (χ2n) is 6.16. The molecule has 0 fully saturated rings. The number of alkyl halides is 7. The average Bonchev–Trinajstić information content (AvgIpc) is 2.71. The summed E-state index contributed by atoms with van der Waals surface area (Å²) in [6, 6.07) is 4.41. The lowest BCUT2D eigenvalue weighted by Crippen LogP contribution is -2.33. The SMILES string of the molecule is COc1ccc(C(F)(F)F)cc1NC(=O)c1ccc(OCC(F)(F)C(F)F)c([N+](=O)[O-])c1. The zero-order valence-corrected chi connectivity index (χ0v) is 15.9. The van der Waals surface area contributed by atoms with E-state index in [1.807, 2.05) is 0 Å². The van der Waals surface area contributed by atoms with Crippen molar-refractivity contribution < 1.29 is 49.9 Å². The smallest absolute Gasteiger partial charge is 0.416 e. The molecule has 0 aliphatic carbocycles. The lowest BCUT2D eigenvalue weighted by Gasteiger charge is -2.16. The van der Waals surface area contributed by atoms with Crippen LogP contribution in [0.1, 0.15) is 15.9 Å². The summed E-state index contributed by atoms with van der Waals surface area (Å²) in [5.74, 6) is -6.64. The van der Waals surface area contributed by atoms with Gasteiger partial charge in [0.1, 0.15) is 5.75 Å². The van der Waals surface area contributed by atoms with Crippen LogP contribution in [0.4, 0.5) is 42.1 Å². The van der Waals surface area contributed by atoms with Gasteiger partial charge in [-0.25, -0.2) is 8.78 Å². The topological polar surface area (TPSA) is 90.7 Å². The molecule has 14 heteroatoms. The molecule has 174 valence electrons. The maximum absolute atomic E-state index is 13.0. The van der Waals surface area contributed by atoms with Crippen LogP contribution in [-0.4, -0.2) is 36.9 Å². The normalized spacial score (nSPS) is 11.9. The number of nitrogens with zero attached hydrogens (tertiary/aromatic N) is 1. The first-order valence-electron chi connectivity index (χ1n) is 8.40. The lowest BCUT2D eigenvalue weighted by atomic mass is 10.1. The molecule has 7 nitrogen and oxygen atoms in total. The third-order valence-corrected chi connectivity index (χ3v) is 3.93. The van der Waals surface area contributed by atoms with Crippen LogP contribution in [0.3, 0.4) is 0 Å². The van der Waals surface area contributed by atoms with Crippen molar-refractivity contribution in [2.24, 2.45) is 0 Å². The number of amides is 1. The molecular formula is C18H13F7N2O5. The van der Waals surface area contributed by atoms with Crippen LogP contribution >= 0.6 is 0 Å². The van der Waals surface area contributed by atoms with Gasteiger partial charge in [-0.05, 0) is 30.3 Å². The Morgan fingerprint density at radius 3 is 2.25 bits per heavy atom. The molecule has 0 heterocycles. The Kier molecular flexibility index (Phi) is 7.16. The van der Waals surface area contributed by atoms with Gasteiger partial charge in [0.2, 0.25) is 0 Å². The Morgan fingerprint density at radius 2 is 1.72 bits per heavy atom. The van der Waals surface area contributed by atoms with Gasteiger partial charge < -0.3 is 14.8 Å². The van der Waals surface area contributed by atoms with E-state index in [1.165, 1.54) is 0 Å². The van der Waals surface area contributed by atoms with Crippen molar-refractivity contribution in [3.05, 3.63) is 57.6 Å². The van der Waals surface area contributed by atoms with Crippen molar-refractivity contribution >= 4 is 17.3 Å². The van der Waals surface area contributed by atoms with Crippen LogP contribution in [0, 0.1) is 10.1 Å². The van der Waals surface area contributed by atoms with Crippen LogP contribution in [0.25, 0.3) is 0 Å². The third-order valence-electron chi connectivity index (χ3n) is 3.93. The zero-order valence-electron chi connectivity index (χ0n) is 15.9. The van der Waals surface area contributed by atoms with Crippen LogP contribution < -0.4 is 14.8 Å². The van der Waals surface area contributed by atoms with Crippen LogP contribution in [0.15, 0.2) is 36.4 Å². The molecule has 32 heavy (non-hydrogen) atoms. The number of carbonyl (C=O) groups is 1. The first-order chi connectivity index (χ1) is 14.8. The Hall–Kier alpha value is -3.58. The van der Waals surface area contributed by atoms with Crippen molar-refractivity contribution in [3.8, 4) is 11.5 Å². The minimum absolute atomic E-state index is 0.143. The minimum Gasteiger partial charge on any atom is -0.495 e. The molecule has 0 bridgehead atoms. The molecule has 1 amide bonds. The second-order valence-corrected chi connectivity index (χ2v) is 6.16. The number of halogens is 7. The van der Waals surface area contributed by atoms with Crippen LogP contribution in [0.2, 0.25) is 0 Å². The molecule has 2 rings (SSSR count). The number of carbonyl (C=O) groups excluding carboxylic acids is 1. The van der Waals surface area contributed by atoms with Gasteiger partial charge in [0.15, 0.2) is 12.4 Å². The first kappa shape index (κ1) is 24.7.